The second-order valence-corrected chi connectivity index (χ2v) is 4.83. The van der Waals surface area contributed by atoms with Gasteiger partial charge >= 0.3 is 0 Å². The van der Waals surface area contributed by atoms with E-state index >= 15 is 0 Å². The fourth-order valence-electron chi connectivity index (χ4n) is 1.89. The molecule has 118 valence electrons. The van der Waals surface area contributed by atoms with Crippen LogP contribution >= 0.6 is 0 Å². The van der Waals surface area contributed by atoms with Gasteiger partial charge in [0.2, 0.25) is 5.91 Å². The van der Waals surface area contributed by atoms with Crippen molar-refractivity contribution in [2.75, 3.05) is 26.0 Å². The number of ketones is 1. The first kappa shape index (κ1) is 16.9. The molecule has 1 amide bonds. The standard InChI is InChI=1S/C14H17N3O2.C2H6.2H2/c1-9(18)13-7-10-6-11(4-5-12(10)16-13)15-14(19)8-17(2)3;1-2;;/h4-7,16H,8H2,1-3H3,(H,15,19);1-2H3;2*1H. The number of Topliss-reactive ketones (excluding diaryl/α,β-unsaturated/α-hetero) is 1. The molecule has 1 aromatic heterocycles. The summed E-state index contributed by atoms with van der Waals surface area (Å²) in [6.45, 7) is 5.86. The Kier molecular flexibility index (Phi) is 6.11. The topological polar surface area (TPSA) is 65.2 Å². The largest absolute Gasteiger partial charge is 0.352 e. The highest BCUT2D eigenvalue weighted by atomic mass is 16.2. The van der Waals surface area contributed by atoms with Crippen LogP contribution in [0.2, 0.25) is 0 Å². The van der Waals surface area contributed by atoms with E-state index < -0.39 is 0 Å². The molecule has 5 heteroatoms. The molecule has 2 rings (SSSR count). The summed E-state index contributed by atoms with van der Waals surface area (Å²) in [5, 5.41) is 3.73. The fraction of sp³-hybridized carbons (Fsp3) is 0.375. The van der Waals surface area contributed by atoms with Gasteiger partial charge in [0, 0.05) is 26.4 Å². The van der Waals surface area contributed by atoms with Crippen molar-refractivity contribution >= 4 is 28.3 Å². The van der Waals surface area contributed by atoms with Crippen molar-refractivity contribution in [1.82, 2.24) is 9.88 Å². The van der Waals surface area contributed by atoms with E-state index in [0.29, 0.717) is 12.2 Å². The fourth-order valence-corrected chi connectivity index (χ4v) is 1.89. The van der Waals surface area contributed by atoms with Crippen LogP contribution in [0.4, 0.5) is 5.69 Å². The highest BCUT2D eigenvalue weighted by molar-refractivity contribution is 6.00. The lowest BCUT2D eigenvalue weighted by molar-refractivity contribution is -0.116. The molecular formula is C16H27N3O2. The van der Waals surface area contributed by atoms with Gasteiger partial charge in [0.05, 0.1) is 12.2 Å². The Morgan fingerprint density at radius 1 is 1.24 bits per heavy atom. The second-order valence-electron chi connectivity index (χ2n) is 4.83. The number of likely N-dealkylation sites (N-methyl/N-ethyl adjacent to an activating group) is 1. The van der Waals surface area contributed by atoms with E-state index in [4.69, 9.17) is 0 Å². The molecule has 0 radical (unpaired) electrons. The minimum Gasteiger partial charge on any atom is -0.352 e. The summed E-state index contributed by atoms with van der Waals surface area (Å²) < 4.78 is 0. The zero-order valence-electron chi connectivity index (χ0n) is 13.3. The van der Waals surface area contributed by atoms with Crippen molar-refractivity contribution in [3.05, 3.63) is 30.0 Å². The Labute approximate surface area is 128 Å². The van der Waals surface area contributed by atoms with Gasteiger partial charge in [-0.05, 0) is 38.4 Å². The number of nitrogens with one attached hydrogen (secondary N) is 2. The van der Waals surface area contributed by atoms with Crippen LogP contribution in [0.5, 0.6) is 0 Å². The third-order valence-electron chi connectivity index (χ3n) is 2.74. The zero-order valence-corrected chi connectivity index (χ0v) is 13.3. The summed E-state index contributed by atoms with van der Waals surface area (Å²) in [5.74, 6) is -0.0685. The second kappa shape index (κ2) is 7.59. The van der Waals surface area contributed by atoms with Gasteiger partial charge in [0.25, 0.3) is 0 Å². The maximum atomic E-state index is 11.7. The molecule has 0 bridgehead atoms. The van der Waals surface area contributed by atoms with Crippen LogP contribution in [0, 0.1) is 0 Å². The number of hydrogen-bond donors (Lipinski definition) is 2. The first-order valence-electron chi connectivity index (χ1n) is 7.04. The molecule has 0 atom stereocenters. The summed E-state index contributed by atoms with van der Waals surface area (Å²) in [6, 6.07) is 7.31. The lowest BCUT2D eigenvalue weighted by Crippen LogP contribution is -2.27. The van der Waals surface area contributed by atoms with Gasteiger partial charge in [-0.25, -0.2) is 0 Å². The van der Waals surface area contributed by atoms with Gasteiger partial charge in [0.15, 0.2) is 5.78 Å². The van der Waals surface area contributed by atoms with Crippen LogP contribution in [0.25, 0.3) is 10.9 Å². The van der Waals surface area contributed by atoms with Gasteiger partial charge in [-0.2, -0.15) is 0 Å². The number of carbonyl (C=O) groups is 2. The van der Waals surface area contributed by atoms with E-state index in [0.717, 1.165) is 16.6 Å². The van der Waals surface area contributed by atoms with Crippen LogP contribution in [-0.4, -0.2) is 42.2 Å². The average Bonchev–Trinajstić information content (AvgIpc) is 2.83. The van der Waals surface area contributed by atoms with Gasteiger partial charge in [0.1, 0.15) is 0 Å². The first-order valence-corrected chi connectivity index (χ1v) is 7.04. The summed E-state index contributed by atoms with van der Waals surface area (Å²) >= 11 is 0. The van der Waals surface area contributed by atoms with Gasteiger partial charge in [-0.15, -0.1) is 0 Å². The molecule has 2 N–H and O–H groups in total. The van der Waals surface area contributed by atoms with Crippen LogP contribution in [0.3, 0.4) is 0 Å². The van der Waals surface area contributed by atoms with Gasteiger partial charge < -0.3 is 15.2 Å². The Hall–Kier alpha value is -2.14. The number of nitrogens with zero attached hydrogens (tertiary/aromatic N) is 1. The number of anilines is 1. The predicted molar refractivity (Wildman–Crippen MR) is 91.1 cm³/mol. The number of fused-ring (bicyclic) bond motifs is 1. The lowest BCUT2D eigenvalue weighted by atomic mass is 10.2. The molecule has 0 saturated carbocycles. The number of carbonyl (C=O) groups excluding carboxylic acids is 2. The molecule has 1 aromatic carbocycles. The molecule has 0 spiro atoms. The van der Waals surface area contributed by atoms with E-state index in [9.17, 15) is 9.59 Å². The van der Waals surface area contributed by atoms with Crippen molar-refractivity contribution in [1.29, 1.82) is 0 Å². The number of H-pyrrole nitrogens is 1. The number of benzene rings is 1. The molecule has 0 saturated heterocycles. The summed E-state index contributed by atoms with van der Waals surface area (Å²) in [6.07, 6.45) is 0. The highest BCUT2D eigenvalue weighted by Gasteiger charge is 2.07. The van der Waals surface area contributed by atoms with E-state index in [1.54, 1.807) is 11.0 Å². The summed E-state index contributed by atoms with van der Waals surface area (Å²) in [7, 11) is 3.68. The summed E-state index contributed by atoms with van der Waals surface area (Å²) in [4.78, 5) is 27.8. The Balaban J connectivity index is 0. The maximum Gasteiger partial charge on any atom is 0.238 e. The number of aromatic nitrogens is 1. The zero-order chi connectivity index (χ0) is 16.0. The van der Waals surface area contributed by atoms with E-state index in [1.807, 2.05) is 46.1 Å². The molecule has 0 aliphatic heterocycles. The maximum absolute atomic E-state index is 11.7. The molecule has 1 heterocycles. The number of hydrogen-bond acceptors (Lipinski definition) is 3. The molecular weight excluding hydrogens is 266 g/mol. The highest BCUT2D eigenvalue weighted by Crippen LogP contribution is 2.20. The third kappa shape index (κ3) is 4.72. The van der Waals surface area contributed by atoms with Crippen molar-refractivity contribution in [2.45, 2.75) is 20.8 Å². The normalized spacial score (nSPS) is 10.2. The number of amides is 1. The minimum atomic E-state index is -0.0633. The number of aromatic amines is 1. The molecule has 0 fully saturated rings. The molecule has 2 aromatic rings. The lowest BCUT2D eigenvalue weighted by Gasteiger charge is -2.10. The van der Waals surface area contributed by atoms with Crippen LogP contribution < -0.4 is 5.32 Å². The van der Waals surface area contributed by atoms with Crippen LogP contribution in [-0.2, 0) is 4.79 Å². The average molecular weight is 293 g/mol. The van der Waals surface area contributed by atoms with E-state index in [-0.39, 0.29) is 14.5 Å². The van der Waals surface area contributed by atoms with Gasteiger partial charge in [-0.1, -0.05) is 13.8 Å². The van der Waals surface area contributed by atoms with Crippen molar-refractivity contribution < 1.29 is 12.4 Å². The quantitative estimate of drug-likeness (QED) is 0.849. The Morgan fingerprint density at radius 2 is 1.90 bits per heavy atom. The van der Waals surface area contributed by atoms with Crippen molar-refractivity contribution in [3.63, 3.8) is 0 Å². The monoisotopic (exact) mass is 293 g/mol. The SMILES string of the molecule is CC.CC(=O)c1cc2cc(NC(=O)CN(C)C)ccc2[nH]1.[HH].[HH]. The molecule has 0 aliphatic carbocycles. The first-order chi connectivity index (χ1) is 9.95. The molecule has 21 heavy (non-hydrogen) atoms. The predicted octanol–water partition coefficient (Wildman–Crippen LogP) is 3.39. The molecule has 0 unspecified atom stereocenters. The van der Waals surface area contributed by atoms with Crippen LogP contribution in [0.15, 0.2) is 24.3 Å². The third-order valence-corrected chi connectivity index (χ3v) is 2.74. The van der Waals surface area contributed by atoms with E-state index in [2.05, 4.69) is 10.3 Å². The molecule has 5 nitrogen and oxygen atoms in total. The number of rotatable bonds is 4. The Bertz CT molecular complexity index is 639. The smallest absolute Gasteiger partial charge is 0.238 e. The summed E-state index contributed by atoms with van der Waals surface area (Å²) in [5.41, 5.74) is 2.19. The minimum absolute atomic E-state index is 0. The molecule has 0 aliphatic rings. The Morgan fingerprint density at radius 3 is 2.48 bits per heavy atom. The van der Waals surface area contributed by atoms with Crippen LogP contribution in [0.1, 0.15) is 34.1 Å². The van der Waals surface area contributed by atoms with E-state index in [1.165, 1.54) is 6.92 Å². The van der Waals surface area contributed by atoms with Gasteiger partial charge in [-0.3, -0.25) is 9.59 Å². The van der Waals surface area contributed by atoms with Crippen molar-refractivity contribution in [3.8, 4) is 0 Å². The van der Waals surface area contributed by atoms with Crippen molar-refractivity contribution in [2.24, 2.45) is 0 Å².